The Morgan fingerprint density at radius 2 is 1.83 bits per heavy atom. The average molecular weight is 444 g/mol. The van der Waals surface area contributed by atoms with Gasteiger partial charge in [0.25, 0.3) is 0 Å². The molecule has 0 saturated heterocycles. The van der Waals surface area contributed by atoms with Gasteiger partial charge in [0.05, 0.1) is 9.60 Å². The zero-order valence-electron chi connectivity index (χ0n) is 16.6. The number of aryl methyl sites for hydroxylation is 1. The number of benzene rings is 2. The Labute approximate surface area is 180 Å². The molecule has 3 aromatic rings. The highest BCUT2D eigenvalue weighted by atomic mass is 32.2. The van der Waals surface area contributed by atoms with Crippen molar-refractivity contribution in [3.8, 4) is 0 Å². The van der Waals surface area contributed by atoms with Crippen LogP contribution in [0.2, 0.25) is 0 Å². The molecule has 1 aliphatic rings. The van der Waals surface area contributed by atoms with Gasteiger partial charge in [-0.2, -0.15) is 4.37 Å². The highest BCUT2D eigenvalue weighted by Crippen LogP contribution is 2.22. The summed E-state index contributed by atoms with van der Waals surface area (Å²) in [5, 5.41) is 3.92. The number of fused-ring (bicyclic) bond motifs is 1. The maximum Gasteiger partial charge on any atom is 0.240 e. The molecular formula is C22H25N3O3S2. The number of carbonyl (C=O) groups is 1. The van der Waals surface area contributed by atoms with Crippen molar-refractivity contribution in [2.45, 2.75) is 55.9 Å². The normalized spacial score (nSPS) is 15.3. The van der Waals surface area contributed by atoms with E-state index in [0.717, 1.165) is 47.0 Å². The van der Waals surface area contributed by atoms with Crippen molar-refractivity contribution in [3.63, 3.8) is 0 Å². The second kappa shape index (κ2) is 9.24. The number of hydrogen-bond donors (Lipinski definition) is 2. The van der Waals surface area contributed by atoms with Crippen LogP contribution in [0.3, 0.4) is 0 Å². The quantitative estimate of drug-likeness (QED) is 0.564. The molecule has 1 saturated carbocycles. The number of amides is 1. The Bertz CT molecular complexity index is 1120. The van der Waals surface area contributed by atoms with Crippen LogP contribution in [0.1, 0.15) is 44.1 Å². The van der Waals surface area contributed by atoms with Crippen LogP contribution in [0.25, 0.3) is 10.1 Å². The van der Waals surface area contributed by atoms with Crippen molar-refractivity contribution in [1.29, 1.82) is 0 Å². The molecule has 0 radical (unpaired) electrons. The van der Waals surface area contributed by atoms with Crippen LogP contribution in [0.4, 0.5) is 5.69 Å². The Kier molecular flexibility index (Phi) is 6.46. The Hall–Kier alpha value is -2.29. The van der Waals surface area contributed by atoms with Crippen molar-refractivity contribution in [3.05, 3.63) is 54.2 Å². The molecule has 1 heterocycles. The lowest BCUT2D eigenvalue weighted by molar-refractivity contribution is -0.116. The molecule has 1 aliphatic carbocycles. The third-order valence-electron chi connectivity index (χ3n) is 5.44. The van der Waals surface area contributed by atoms with Crippen molar-refractivity contribution in [2.75, 3.05) is 5.32 Å². The van der Waals surface area contributed by atoms with Gasteiger partial charge in [-0.3, -0.25) is 4.79 Å². The molecule has 8 heteroatoms. The van der Waals surface area contributed by atoms with Gasteiger partial charge in [-0.1, -0.05) is 31.4 Å². The highest BCUT2D eigenvalue weighted by Gasteiger charge is 2.21. The summed E-state index contributed by atoms with van der Waals surface area (Å²) in [5.41, 5.74) is 1.68. The molecule has 2 aromatic carbocycles. The summed E-state index contributed by atoms with van der Waals surface area (Å²) < 4.78 is 33.2. The summed E-state index contributed by atoms with van der Waals surface area (Å²) in [6.07, 6.45) is 7.80. The van der Waals surface area contributed by atoms with Gasteiger partial charge in [0.15, 0.2) is 0 Å². The third kappa shape index (κ3) is 5.24. The summed E-state index contributed by atoms with van der Waals surface area (Å²) in [6.45, 7) is 0. The van der Waals surface area contributed by atoms with Gasteiger partial charge in [-0.05, 0) is 66.7 Å². The predicted octanol–water partition coefficient (Wildman–Crippen LogP) is 4.48. The van der Waals surface area contributed by atoms with Gasteiger partial charge in [0.2, 0.25) is 15.9 Å². The molecule has 6 nitrogen and oxygen atoms in total. The van der Waals surface area contributed by atoms with E-state index >= 15 is 0 Å². The van der Waals surface area contributed by atoms with Gasteiger partial charge in [0.1, 0.15) is 0 Å². The molecule has 0 atom stereocenters. The predicted molar refractivity (Wildman–Crippen MR) is 120 cm³/mol. The lowest BCUT2D eigenvalue weighted by Crippen LogP contribution is -2.36. The lowest BCUT2D eigenvalue weighted by atomic mass is 9.96. The van der Waals surface area contributed by atoms with E-state index in [9.17, 15) is 13.2 Å². The standard InChI is InChI=1S/C22H25N3O3S2/c26-22(24-19-9-12-21-17(14-19)15-23-29-21)13-8-16-6-10-20(11-7-16)30(27,28)25-18-4-2-1-3-5-18/h6-7,9-12,14-15,18,25H,1-5,8,13H2,(H,24,26). The average Bonchev–Trinajstić information content (AvgIpc) is 3.21. The second-order valence-electron chi connectivity index (χ2n) is 7.73. The first-order valence-corrected chi connectivity index (χ1v) is 12.5. The first-order valence-electron chi connectivity index (χ1n) is 10.3. The summed E-state index contributed by atoms with van der Waals surface area (Å²) in [7, 11) is -3.50. The Balaban J connectivity index is 1.31. The summed E-state index contributed by atoms with van der Waals surface area (Å²) >= 11 is 1.42. The number of aromatic nitrogens is 1. The number of rotatable bonds is 7. The van der Waals surface area contributed by atoms with E-state index < -0.39 is 10.0 Å². The molecule has 0 aliphatic heterocycles. The zero-order valence-corrected chi connectivity index (χ0v) is 18.3. The zero-order chi connectivity index (χ0) is 21.0. The smallest absolute Gasteiger partial charge is 0.240 e. The summed E-state index contributed by atoms with van der Waals surface area (Å²) in [6, 6.07) is 12.6. The molecule has 30 heavy (non-hydrogen) atoms. The van der Waals surface area contributed by atoms with Crippen molar-refractivity contribution in [1.82, 2.24) is 9.10 Å². The molecule has 0 bridgehead atoms. The van der Waals surface area contributed by atoms with Gasteiger partial charge in [-0.15, -0.1) is 0 Å². The van der Waals surface area contributed by atoms with E-state index in [2.05, 4.69) is 14.4 Å². The second-order valence-corrected chi connectivity index (χ2v) is 10.3. The van der Waals surface area contributed by atoms with Crippen LogP contribution >= 0.6 is 11.5 Å². The minimum Gasteiger partial charge on any atom is -0.326 e. The van der Waals surface area contributed by atoms with E-state index in [0.29, 0.717) is 12.8 Å². The molecule has 0 spiro atoms. The minimum absolute atomic E-state index is 0.0382. The molecule has 1 fully saturated rings. The number of carbonyl (C=O) groups excluding carboxylic acids is 1. The number of sulfonamides is 1. The van der Waals surface area contributed by atoms with Crippen molar-refractivity contribution in [2.24, 2.45) is 0 Å². The maximum atomic E-state index is 12.6. The van der Waals surface area contributed by atoms with Crippen LogP contribution in [-0.4, -0.2) is 24.7 Å². The highest BCUT2D eigenvalue weighted by molar-refractivity contribution is 7.89. The monoisotopic (exact) mass is 443 g/mol. The van der Waals surface area contributed by atoms with E-state index in [1.54, 1.807) is 30.5 Å². The van der Waals surface area contributed by atoms with Crippen LogP contribution in [-0.2, 0) is 21.2 Å². The first kappa shape index (κ1) is 21.0. The fraction of sp³-hybridized carbons (Fsp3) is 0.364. The van der Waals surface area contributed by atoms with Crippen LogP contribution in [0.5, 0.6) is 0 Å². The van der Waals surface area contributed by atoms with Gasteiger partial charge in [0, 0.05) is 29.7 Å². The van der Waals surface area contributed by atoms with E-state index in [-0.39, 0.29) is 16.8 Å². The molecular weight excluding hydrogens is 418 g/mol. The van der Waals surface area contributed by atoms with Crippen molar-refractivity contribution >= 4 is 43.2 Å². The van der Waals surface area contributed by atoms with Crippen molar-refractivity contribution < 1.29 is 13.2 Å². The Morgan fingerprint density at radius 1 is 1.07 bits per heavy atom. The maximum absolute atomic E-state index is 12.6. The Morgan fingerprint density at radius 3 is 2.60 bits per heavy atom. The number of anilines is 1. The fourth-order valence-electron chi connectivity index (χ4n) is 3.77. The molecule has 1 amide bonds. The van der Waals surface area contributed by atoms with E-state index in [1.165, 1.54) is 18.0 Å². The van der Waals surface area contributed by atoms with Crippen LogP contribution < -0.4 is 10.0 Å². The number of nitrogens with one attached hydrogen (secondary N) is 2. The molecule has 0 unspecified atom stereocenters. The van der Waals surface area contributed by atoms with Gasteiger partial charge < -0.3 is 5.32 Å². The largest absolute Gasteiger partial charge is 0.326 e. The minimum atomic E-state index is -3.50. The van der Waals surface area contributed by atoms with Gasteiger partial charge in [-0.25, -0.2) is 13.1 Å². The van der Waals surface area contributed by atoms with Crippen LogP contribution in [0.15, 0.2) is 53.6 Å². The van der Waals surface area contributed by atoms with E-state index in [1.807, 2.05) is 18.2 Å². The fourth-order valence-corrected chi connectivity index (χ4v) is 5.71. The summed E-state index contributed by atoms with van der Waals surface area (Å²) in [5.74, 6) is -0.0757. The van der Waals surface area contributed by atoms with Gasteiger partial charge >= 0.3 is 0 Å². The molecule has 4 rings (SSSR count). The molecule has 2 N–H and O–H groups in total. The summed E-state index contributed by atoms with van der Waals surface area (Å²) in [4.78, 5) is 12.6. The number of hydrogen-bond acceptors (Lipinski definition) is 5. The topological polar surface area (TPSA) is 88.2 Å². The first-order chi connectivity index (χ1) is 14.5. The van der Waals surface area contributed by atoms with E-state index in [4.69, 9.17) is 0 Å². The third-order valence-corrected chi connectivity index (χ3v) is 7.75. The molecule has 1 aromatic heterocycles. The molecule has 158 valence electrons. The van der Waals surface area contributed by atoms with Crippen LogP contribution in [0, 0.1) is 0 Å². The number of nitrogens with zero attached hydrogens (tertiary/aromatic N) is 1. The lowest BCUT2D eigenvalue weighted by Gasteiger charge is -2.22. The SMILES string of the molecule is O=C(CCc1ccc(S(=O)(=O)NC2CCCCC2)cc1)Nc1ccc2sncc2c1.